The third-order valence-corrected chi connectivity index (χ3v) is 12.1. The van der Waals surface area contributed by atoms with Gasteiger partial charge in [-0.3, -0.25) is 34.2 Å². The number of amides is 5. The van der Waals surface area contributed by atoms with E-state index in [0.29, 0.717) is 37.3 Å². The SMILES string of the molecule is CCC(=O)N1CCC[C@H]1C(=O)C[C@H](C(=O)N[C@@H](CSCc1cccc(CS)c1)C(=O)N[C@@H](CCCNC(=N)N)C(=O)N[C@H](C(N)=O)C(C)(C)C)C1CCCCC1. The molecule has 1 saturated heterocycles. The molecule has 0 bridgehead atoms. The highest BCUT2D eigenvalue weighted by atomic mass is 32.2. The number of hydrogen-bond donors (Lipinski definition) is 8. The van der Waals surface area contributed by atoms with Gasteiger partial charge in [0.2, 0.25) is 29.5 Å². The number of carbonyl (C=O) groups is 6. The molecule has 56 heavy (non-hydrogen) atoms. The lowest BCUT2D eigenvalue weighted by atomic mass is 9.76. The summed E-state index contributed by atoms with van der Waals surface area (Å²) in [6.07, 6.45) is 6.54. The second-order valence-electron chi connectivity index (χ2n) is 16.1. The van der Waals surface area contributed by atoms with E-state index < -0.39 is 59.1 Å². The van der Waals surface area contributed by atoms with E-state index in [9.17, 15) is 28.8 Å². The highest BCUT2D eigenvalue weighted by Crippen LogP contribution is 2.34. The molecular weight excluding hydrogens is 753 g/mol. The molecule has 0 radical (unpaired) electrons. The van der Waals surface area contributed by atoms with Gasteiger partial charge in [-0.2, -0.15) is 24.4 Å². The number of nitrogens with zero attached hydrogens (tertiary/aromatic N) is 1. The Morgan fingerprint density at radius 2 is 1.59 bits per heavy atom. The molecule has 1 aliphatic carbocycles. The van der Waals surface area contributed by atoms with Gasteiger partial charge in [0.15, 0.2) is 11.7 Å². The Morgan fingerprint density at radius 3 is 2.21 bits per heavy atom. The number of nitrogens with one attached hydrogen (secondary N) is 5. The summed E-state index contributed by atoms with van der Waals surface area (Å²) < 4.78 is 0. The van der Waals surface area contributed by atoms with Crippen LogP contribution in [-0.2, 0) is 40.3 Å². The van der Waals surface area contributed by atoms with Gasteiger partial charge in [-0.1, -0.05) is 71.2 Å². The monoisotopic (exact) mass is 816 g/mol. The summed E-state index contributed by atoms with van der Waals surface area (Å²) in [6.45, 7) is 7.85. The molecule has 1 aliphatic heterocycles. The standard InChI is InChI=1S/C40H64N8O6S2/c1-5-33(50)48-19-11-17-31(48)32(49)21-28(27-14-7-6-8-15-27)36(52)46-30(24-56-23-26-13-9-12-25(20-26)22-55)38(54)45-29(16-10-18-44-39(42)43)37(53)47-34(35(41)51)40(2,3)4/h9,12-13,20,27-31,34,55H,5-8,10-11,14-19,21-24H2,1-4H3,(H2,41,51)(H,45,54)(H,46,52)(H,47,53)(H4,42,43,44)/t28-,29-,30-,31-,34+/m0/s1. The molecule has 0 aromatic heterocycles. The van der Waals surface area contributed by atoms with Crippen LogP contribution >= 0.6 is 24.4 Å². The Morgan fingerprint density at radius 1 is 0.929 bits per heavy atom. The van der Waals surface area contributed by atoms with Gasteiger partial charge in [-0.15, -0.1) is 0 Å². The Labute approximate surface area is 341 Å². The zero-order valence-corrected chi connectivity index (χ0v) is 35.2. The van der Waals surface area contributed by atoms with Crippen LogP contribution in [0.5, 0.6) is 0 Å². The summed E-state index contributed by atoms with van der Waals surface area (Å²) in [5.41, 5.74) is 12.5. The van der Waals surface area contributed by atoms with E-state index in [1.165, 1.54) is 11.8 Å². The molecule has 0 unspecified atom stereocenters. The van der Waals surface area contributed by atoms with Gasteiger partial charge in [0.1, 0.15) is 18.1 Å². The minimum absolute atomic E-state index is 0.0256. The van der Waals surface area contributed by atoms with Crippen molar-refractivity contribution in [1.29, 1.82) is 5.41 Å². The molecule has 2 fully saturated rings. The Kier molecular flexibility index (Phi) is 19.0. The molecule has 0 spiro atoms. The van der Waals surface area contributed by atoms with E-state index >= 15 is 0 Å². The van der Waals surface area contributed by atoms with Crippen molar-refractivity contribution in [2.24, 2.45) is 28.7 Å². The van der Waals surface area contributed by atoms with E-state index in [2.05, 4.69) is 33.9 Å². The second-order valence-corrected chi connectivity index (χ2v) is 17.4. The van der Waals surface area contributed by atoms with Gasteiger partial charge in [0.25, 0.3) is 0 Å². The van der Waals surface area contributed by atoms with Gasteiger partial charge in [-0.05, 0) is 61.0 Å². The number of primary amides is 1. The lowest BCUT2D eigenvalue weighted by molar-refractivity contribution is -0.140. The number of hydrogen-bond acceptors (Lipinski definition) is 9. The van der Waals surface area contributed by atoms with Gasteiger partial charge in [0, 0.05) is 49.1 Å². The largest absolute Gasteiger partial charge is 0.370 e. The Balaban J connectivity index is 1.90. The molecule has 5 atom stereocenters. The van der Waals surface area contributed by atoms with Crippen LogP contribution < -0.4 is 32.7 Å². The quantitative estimate of drug-likeness (QED) is 0.0394. The Bertz CT molecular complexity index is 1530. The van der Waals surface area contributed by atoms with E-state index in [0.717, 1.165) is 49.7 Å². The van der Waals surface area contributed by atoms with Crippen LogP contribution in [0.15, 0.2) is 24.3 Å². The van der Waals surface area contributed by atoms with Crippen LogP contribution in [-0.4, -0.2) is 89.2 Å². The van der Waals surface area contributed by atoms with Gasteiger partial charge >= 0.3 is 0 Å². The predicted octanol–water partition coefficient (Wildman–Crippen LogP) is 3.16. The lowest BCUT2D eigenvalue weighted by Crippen LogP contribution is -2.59. The molecule has 312 valence electrons. The van der Waals surface area contributed by atoms with Crippen LogP contribution in [0.1, 0.15) is 109 Å². The highest BCUT2D eigenvalue weighted by Gasteiger charge is 2.40. The van der Waals surface area contributed by atoms with E-state index in [-0.39, 0.29) is 48.7 Å². The summed E-state index contributed by atoms with van der Waals surface area (Å²) in [6, 6.07) is 4.16. The number of thiol groups is 1. The number of rotatable bonds is 21. The maximum atomic E-state index is 14.4. The molecule has 16 heteroatoms. The van der Waals surface area contributed by atoms with Crippen molar-refractivity contribution in [2.45, 2.75) is 134 Å². The highest BCUT2D eigenvalue weighted by molar-refractivity contribution is 7.98. The van der Waals surface area contributed by atoms with Gasteiger partial charge in [-0.25, -0.2) is 0 Å². The molecule has 9 N–H and O–H groups in total. The van der Waals surface area contributed by atoms with Gasteiger partial charge in [0.05, 0.1) is 6.04 Å². The van der Waals surface area contributed by atoms with Crippen LogP contribution in [0.2, 0.25) is 0 Å². The normalized spacial score (nSPS) is 18.2. The number of likely N-dealkylation sites (tertiary alicyclic amines) is 1. The Hall–Kier alpha value is -3.79. The molecule has 1 heterocycles. The topological polar surface area (TPSA) is 230 Å². The molecule has 1 saturated carbocycles. The molecule has 1 aromatic rings. The maximum Gasteiger partial charge on any atom is 0.244 e. The summed E-state index contributed by atoms with van der Waals surface area (Å²) in [5, 5.41) is 18.7. The smallest absolute Gasteiger partial charge is 0.244 e. The molecular formula is C40H64N8O6S2. The van der Waals surface area contributed by atoms with Crippen molar-refractivity contribution >= 4 is 65.7 Å². The third-order valence-electron chi connectivity index (χ3n) is 10.6. The fourth-order valence-corrected chi connectivity index (χ4v) is 8.77. The van der Waals surface area contributed by atoms with Crippen molar-refractivity contribution in [3.05, 3.63) is 35.4 Å². The zero-order chi connectivity index (χ0) is 41.4. The number of carbonyl (C=O) groups excluding carboxylic acids is 6. The van der Waals surface area contributed by atoms with Crippen molar-refractivity contribution in [2.75, 3.05) is 18.8 Å². The van der Waals surface area contributed by atoms with Crippen molar-refractivity contribution in [3.8, 4) is 0 Å². The zero-order valence-electron chi connectivity index (χ0n) is 33.5. The van der Waals surface area contributed by atoms with Crippen LogP contribution in [0.3, 0.4) is 0 Å². The third kappa shape index (κ3) is 14.6. The lowest BCUT2D eigenvalue weighted by Gasteiger charge is -2.32. The maximum absolute atomic E-state index is 14.4. The van der Waals surface area contributed by atoms with Crippen LogP contribution in [0.25, 0.3) is 0 Å². The summed E-state index contributed by atoms with van der Waals surface area (Å²) in [4.78, 5) is 83.0. The first-order valence-electron chi connectivity index (χ1n) is 19.9. The number of Topliss-reactive ketones (excluding diaryl/α,β-unsaturated/α-hetero) is 1. The first kappa shape index (κ1) is 46.6. The average Bonchev–Trinajstić information content (AvgIpc) is 3.66. The van der Waals surface area contributed by atoms with Crippen molar-refractivity contribution in [1.82, 2.24) is 26.2 Å². The predicted molar refractivity (Wildman–Crippen MR) is 224 cm³/mol. The fourth-order valence-electron chi connectivity index (χ4n) is 7.57. The fraction of sp³-hybridized carbons (Fsp3) is 0.675. The second kappa shape index (κ2) is 22.8. The summed E-state index contributed by atoms with van der Waals surface area (Å²) >= 11 is 5.84. The molecule has 1 aromatic carbocycles. The van der Waals surface area contributed by atoms with E-state index in [4.69, 9.17) is 16.9 Å². The molecule has 14 nitrogen and oxygen atoms in total. The molecule has 3 rings (SSSR count). The number of guanidine groups is 1. The number of benzene rings is 1. The van der Waals surface area contributed by atoms with Crippen LogP contribution in [0.4, 0.5) is 0 Å². The minimum atomic E-state index is -1.11. The first-order chi connectivity index (χ1) is 26.5. The van der Waals surface area contributed by atoms with E-state index in [1.54, 1.807) is 32.6 Å². The number of nitrogens with two attached hydrogens (primary N) is 2. The number of thioether (sulfide) groups is 1. The van der Waals surface area contributed by atoms with Gasteiger partial charge < -0.3 is 37.6 Å². The van der Waals surface area contributed by atoms with Crippen molar-refractivity contribution in [3.63, 3.8) is 0 Å². The van der Waals surface area contributed by atoms with E-state index in [1.807, 2.05) is 24.3 Å². The summed E-state index contributed by atoms with van der Waals surface area (Å²) in [7, 11) is 0. The van der Waals surface area contributed by atoms with Crippen molar-refractivity contribution < 1.29 is 28.8 Å². The summed E-state index contributed by atoms with van der Waals surface area (Å²) in [5.74, 6) is -2.23. The molecule has 5 amide bonds. The molecule has 2 aliphatic rings. The van der Waals surface area contributed by atoms with Crippen LogP contribution in [0, 0.1) is 22.7 Å². The average molecular weight is 817 g/mol. The number of ketones is 1. The first-order valence-corrected chi connectivity index (χ1v) is 21.7. The minimum Gasteiger partial charge on any atom is -0.370 e.